The third kappa shape index (κ3) is 1.67. The second kappa shape index (κ2) is 3.52. The standard InChI is InChI=1S/C11H11N3OS/c1-6-4-7(6)10(15)14-11-13-8-2-3-12-5-9(8)16-11/h2-3,5-7H,4H2,1H3,(H,13,14,15)/t6-,7-/m1/s1. The van der Waals surface area contributed by atoms with Gasteiger partial charge in [0.05, 0.1) is 10.2 Å². The van der Waals surface area contributed by atoms with Crippen LogP contribution in [0.15, 0.2) is 18.5 Å². The van der Waals surface area contributed by atoms with Crippen LogP contribution in [-0.4, -0.2) is 15.9 Å². The first kappa shape index (κ1) is 9.72. The molecule has 1 saturated carbocycles. The van der Waals surface area contributed by atoms with Gasteiger partial charge in [0, 0.05) is 18.3 Å². The maximum atomic E-state index is 11.7. The fraction of sp³-hybridized carbons (Fsp3) is 0.364. The number of carbonyl (C=O) groups is 1. The van der Waals surface area contributed by atoms with E-state index in [9.17, 15) is 4.79 Å². The third-order valence-electron chi connectivity index (χ3n) is 2.87. The Balaban J connectivity index is 1.81. The van der Waals surface area contributed by atoms with Crippen molar-refractivity contribution in [3.63, 3.8) is 0 Å². The molecule has 82 valence electrons. The molecule has 0 aliphatic heterocycles. The molecule has 1 aliphatic carbocycles. The molecule has 0 saturated heterocycles. The van der Waals surface area contributed by atoms with E-state index in [2.05, 4.69) is 22.2 Å². The SMILES string of the molecule is C[C@@H]1C[C@H]1C(=O)Nc1nc2ccncc2s1. The van der Waals surface area contributed by atoms with Gasteiger partial charge in [-0.05, 0) is 18.4 Å². The zero-order chi connectivity index (χ0) is 11.1. The number of fused-ring (bicyclic) bond motifs is 1. The fourth-order valence-corrected chi connectivity index (χ4v) is 2.55. The Morgan fingerprint density at radius 3 is 3.12 bits per heavy atom. The molecule has 0 aromatic carbocycles. The minimum atomic E-state index is 0.0968. The van der Waals surface area contributed by atoms with Crippen molar-refractivity contribution in [2.24, 2.45) is 11.8 Å². The van der Waals surface area contributed by atoms with Crippen molar-refractivity contribution in [1.29, 1.82) is 0 Å². The molecule has 0 spiro atoms. The summed E-state index contributed by atoms with van der Waals surface area (Å²) in [7, 11) is 0. The van der Waals surface area contributed by atoms with Crippen LogP contribution in [0, 0.1) is 11.8 Å². The largest absolute Gasteiger partial charge is 0.302 e. The van der Waals surface area contributed by atoms with Crippen molar-refractivity contribution in [1.82, 2.24) is 9.97 Å². The Bertz CT molecular complexity index is 518. The second-order valence-corrected chi connectivity index (χ2v) is 5.20. The quantitative estimate of drug-likeness (QED) is 0.865. The number of aromatic nitrogens is 2. The molecule has 1 aliphatic rings. The molecule has 0 unspecified atom stereocenters. The van der Waals surface area contributed by atoms with Crippen LogP contribution in [0.5, 0.6) is 0 Å². The molecule has 1 N–H and O–H groups in total. The van der Waals surface area contributed by atoms with Crippen molar-refractivity contribution in [2.45, 2.75) is 13.3 Å². The maximum absolute atomic E-state index is 11.7. The van der Waals surface area contributed by atoms with Crippen LogP contribution in [0.1, 0.15) is 13.3 Å². The van der Waals surface area contributed by atoms with Crippen molar-refractivity contribution in [3.05, 3.63) is 18.5 Å². The van der Waals surface area contributed by atoms with E-state index in [1.165, 1.54) is 11.3 Å². The van der Waals surface area contributed by atoms with Gasteiger partial charge in [-0.25, -0.2) is 4.98 Å². The van der Waals surface area contributed by atoms with E-state index in [0.29, 0.717) is 11.0 Å². The highest BCUT2D eigenvalue weighted by Crippen LogP contribution is 2.38. The topological polar surface area (TPSA) is 54.9 Å². The third-order valence-corrected chi connectivity index (χ3v) is 3.79. The average molecular weight is 233 g/mol. The van der Waals surface area contributed by atoms with Crippen LogP contribution in [0.2, 0.25) is 0 Å². The van der Waals surface area contributed by atoms with Crippen LogP contribution < -0.4 is 5.32 Å². The summed E-state index contributed by atoms with van der Waals surface area (Å²) in [4.78, 5) is 20.1. The van der Waals surface area contributed by atoms with E-state index >= 15 is 0 Å². The summed E-state index contributed by atoms with van der Waals surface area (Å²) >= 11 is 1.47. The van der Waals surface area contributed by atoms with E-state index in [4.69, 9.17) is 0 Å². The molecule has 1 fully saturated rings. The molecular weight excluding hydrogens is 222 g/mol. The van der Waals surface area contributed by atoms with Gasteiger partial charge < -0.3 is 5.32 Å². The predicted octanol–water partition coefficient (Wildman–Crippen LogP) is 2.29. The van der Waals surface area contributed by atoms with Gasteiger partial charge in [-0.15, -0.1) is 0 Å². The summed E-state index contributed by atoms with van der Waals surface area (Å²) in [6.45, 7) is 2.09. The molecule has 2 atom stereocenters. The zero-order valence-electron chi connectivity index (χ0n) is 8.80. The Kier molecular flexibility index (Phi) is 2.14. The number of hydrogen-bond donors (Lipinski definition) is 1. The van der Waals surface area contributed by atoms with Gasteiger partial charge in [0.2, 0.25) is 5.91 Å². The Hall–Kier alpha value is -1.49. The average Bonchev–Trinajstić information content (AvgIpc) is 2.87. The molecule has 3 rings (SSSR count). The molecular formula is C11H11N3OS. The number of hydrogen-bond acceptors (Lipinski definition) is 4. The minimum absolute atomic E-state index is 0.0968. The molecule has 0 radical (unpaired) electrons. The van der Waals surface area contributed by atoms with Crippen LogP contribution in [0.3, 0.4) is 0 Å². The maximum Gasteiger partial charge on any atom is 0.229 e. The van der Waals surface area contributed by atoms with Gasteiger partial charge in [-0.3, -0.25) is 9.78 Å². The molecule has 0 bridgehead atoms. The molecule has 2 aromatic rings. The molecule has 2 heterocycles. The molecule has 1 amide bonds. The van der Waals surface area contributed by atoms with E-state index < -0.39 is 0 Å². The van der Waals surface area contributed by atoms with Gasteiger partial charge in [-0.2, -0.15) is 0 Å². The lowest BCUT2D eigenvalue weighted by molar-refractivity contribution is -0.117. The number of amides is 1. The zero-order valence-corrected chi connectivity index (χ0v) is 9.62. The van der Waals surface area contributed by atoms with E-state index in [1.54, 1.807) is 12.4 Å². The number of rotatable bonds is 2. The van der Waals surface area contributed by atoms with E-state index in [0.717, 1.165) is 16.6 Å². The summed E-state index contributed by atoms with van der Waals surface area (Å²) in [5.41, 5.74) is 0.888. The highest BCUT2D eigenvalue weighted by Gasteiger charge is 2.39. The van der Waals surface area contributed by atoms with Crippen molar-refractivity contribution in [3.8, 4) is 0 Å². The number of anilines is 1. The number of pyridine rings is 1. The summed E-state index contributed by atoms with van der Waals surface area (Å²) in [6.07, 6.45) is 4.47. The Morgan fingerprint density at radius 1 is 1.62 bits per heavy atom. The lowest BCUT2D eigenvalue weighted by Gasteiger charge is -1.97. The van der Waals surface area contributed by atoms with Gasteiger partial charge in [-0.1, -0.05) is 18.3 Å². The van der Waals surface area contributed by atoms with Crippen LogP contribution in [-0.2, 0) is 4.79 Å². The highest BCUT2D eigenvalue weighted by molar-refractivity contribution is 7.22. The summed E-state index contributed by atoms with van der Waals surface area (Å²) in [5.74, 6) is 0.806. The number of nitrogens with one attached hydrogen (secondary N) is 1. The van der Waals surface area contributed by atoms with Gasteiger partial charge in [0.15, 0.2) is 5.13 Å². The monoisotopic (exact) mass is 233 g/mol. The van der Waals surface area contributed by atoms with Crippen molar-refractivity contribution in [2.75, 3.05) is 5.32 Å². The van der Waals surface area contributed by atoms with Gasteiger partial charge >= 0.3 is 0 Å². The van der Waals surface area contributed by atoms with Crippen LogP contribution in [0.25, 0.3) is 10.2 Å². The van der Waals surface area contributed by atoms with Crippen molar-refractivity contribution < 1.29 is 4.79 Å². The number of carbonyl (C=O) groups excluding carboxylic acids is 1. The Labute approximate surface area is 96.7 Å². The van der Waals surface area contributed by atoms with Crippen LogP contribution in [0.4, 0.5) is 5.13 Å². The number of nitrogens with zero attached hydrogens (tertiary/aromatic N) is 2. The molecule has 16 heavy (non-hydrogen) atoms. The lowest BCUT2D eigenvalue weighted by atomic mass is 10.3. The fourth-order valence-electron chi connectivity index (χ4n) is 1.72. The summed E-state index contributed by atoms with van der Waals surface area (Å²) in [6, 6.07) is 1.85. The molecule has 5 heteroatoms. The first-order chi connectivity index (χ1) is 7.74. The summed E-state index contributed by atoms with van der Waals surface area (Å²) in [5, 5.41) is 3.54. The first-order valence-corrected chi connectivity index (χ1v) is 6.07. The molecule has 2 aromatic heterocycles. The highest BCUT2D eigenvalue weighted by atomic mass is 32.1. The smallest absolute Gasteiger partial charge is 0.229 e. The lowest BCUT2D eigenvalue weighted by Crippen LogP contribution is -2.14. The summed E-state index contributed by atoms with van der Waals surface area (Å²) < 4.78 is 1.00. The second-order valence-electron chi connectivity index (χ2n) is 4.17. The normalized spacial score (nSPS) is 23.3. The first-order valence-electron chi connectivity index (χ1n) is 5.25. The van der Waals surface area contributed by atoms with Gasteiger partial charge in [0.1, 0.15) is 0 Å². The van der Waals surface area contributed by atoms with Crippen LogP contribution >= 0.6 is 11.3 Å². The van der Waals surface area contributed by atoms with Gasteiger partial charge in [0.25, 0.3) is 0 Å². The van der Waals surface area contributed by atoms with E-state index in [-0.39, 0.29) is 11.8 Å². The predicted molar refractivity (Wildman–Crippen MR) is 63.3 cm³/mol. The van der Waals surface area contributed by atoms with Crippen molar-refractivity contribution >= 4 is 32.6 Å². The molecule has 4 nitrogen and oxygen atoms in total. The Morgan fingerprint density at radius 2 is 2.44 bits per heavy atom. The van der Waals surface area contributed by atoms with E-state index in [1.807, 2.05) is 6.07 Å². The number of thiazole rings is 1. The minimum Gasteiger partial charge on any atom is -0.302 e.